The quantitative estimate of drug-likeness (QED) is 0.449. The lowest BCUT2D eigenvalue weighted by Crippen LogP contribution is -2.68. The molecule has 0 amide bonds. The van der Waals surface area contributed by atoms with Crippen LogP contribution < -0.4 is 4.90 Å². The van der Waals surface area contributed by atoms with Gasteiger partial charge in [-0.1, -0.05) is 25.6 Å². The van der Waals surface area contributed by atoms with Gasteiger partial charge in [0.15, 0.2) is 0 Å². The summed E-state index contributed by atoms with van der Waals surface area (Å²) in [6.45, 7) is 10.9. The second-order valence-corrected chi connectivity index (χ2v) is 12.1. The summed E-state index contributed by atoms with van der Waals surface area (Å²) in [5.74, 6) is 2.70. The Morgan fingerprint density at radius 3 is 2.74 bits per heavy atom. The molecule has 2 aliphatic rings. The Morgan fingerprint density at radius 1 is 1.39 bits per heavy atom. The molecule has 4 nitrogen and oxygen atoms in total. The number of halogens is 1. The normalized spacial score (nSPS) is 23.2. The van der Waals surface area contributed by atoms with Crippen molar-refractivity contribution >= 4 is 13.8 Å². The zero-order chi connectivity index (χ0) is 16.7. The Hall–Kier alpha value is -1.42. The Balaban J connectivity index is 1.90. The number of hydrogen-bond donors (Lipinski definition) is 0. The van der Waals surface area contributed by atoms with Crippen molar-refractivity contribution in [1.82, 2.24) is 4.98 Å². The first-order valence-electron chi connectivity index (χ1n) is 7.98. The smallest absolute Gasteiger partial charge is 0.236 e. The summed E-state index contributed by atoms with van der Waals surface area (Å²) < 4.78 is 25.5. The fourth-order valence-corrected chi connectivity index (χ4v) is 3.39. The van der Waals surface area contributed by atoms with Gasteiger partial charge in [0.1, 0.15) is 13.7 Å². The Kier molecular flexibility index (Phi) is 4.21. The lowest BCUT2D eigenvalue weighted by Gasteiger charge is -2.53. The molecule has 3 rings (SSSR count). The summed E-state index contributed by atoms with van der Waals surface area (Å²) in [7, 11) is -1.48. The van der Waals surface area contributed by atoms with Crippen LogP contribution in [-0.4, -0.2) is 51.1 Å². The summed E-state index contributed by atoms with van der Waals surface area (Å²) >= 11 is 0. The largest absolute Gasteiger partial charge is 0.375 e. The first-order chi connectivity index (χ1) is 10.8. The lowest BCUT2D eigenvalue weighted by atomic mass is 9.90. The van der Waals surface area contributed by atoms with E-state index in [1.807, 2.05) is 11.0 Å². The van der Waals surface area contributed by atoms with Crippen molar-refractivity contribution in [3.63, 3.8) is 0 Å². The van der Waals surface area contributed by atoms with Crippen LogP contribution in [0.4, 0.5) is 10.1 Å². The standard InChI is InChI=1S/C17H23FN2O2Si/c1-13-17(11-21-12-17)22-7-6-20(13)15-9-14(10-19-16(15)18)5-8-23(2,3)4/h9-10,13H,6-7,11-12H2,1-4H3/t13-/m0/s1. The number of ether oxygens (including phenoxy) is 2. The Bertz CT molecular complexity index is 659. The highest BCUT2D eigenvalue weighted by Gasteiger charge is 2.50. The summed E-state index contributed by atoms with van der Waals surface area (Å²) in [5, 5.41) is 0. The van der Waals surface area contributed by atoms with E-state index in [1.165, 1.54) is 6.20 Å². The molecule has 2 fully saturated rings. The highest BCUT2D eigenvalue weighted by atomic mass is 28.3. The maximum Gasteiger partial charge on any atom is 0.236 e. The van der Waals surface area contributed by atoms with Gasteiger partial charge in [-0.3, -0.25) is 0 Å². The van der Waals surface area contributed by atoms with Crippen molar-refractivity contribution in [1.29, 1.82) is 0 Å². The SMILES string of the molecule is C[C@@H]1N(c2cc(C#C[Si](C)(C)C)cnc2F)CCOC12COC2. The van der Waals surface area contributed by atoms with Crippen LogP contribution >= 0.6 is 0 Å². The molecule has 1 atom stereocenters. The molecule has 0 N–H and O–H groups in total. The second kappa shape index (κ2) is 5.89. The molecule has 1 aromatic heterocycles. The molecular weight excluding hydrogens is 311 g/mol. The molecule has 0 bridgehead atoms. The van der Waals surface area contributed by atoms with E-state index in [9.17, 15) is 4.39 Å². The van der Waals surface area contributed by atoms with Crippen LogP contribution in [0.2, 0.25) is 19.6 Å². The minimum Gasteiger partial charge on any atom is -0.375 e. The molecule has 2 saturated heterocycles. The van der Waals surface area contributed by atoms with Crippen LogP contribution in [0.3, 0.4) is 0 Å². The van der Waals surface area contributed by atoms with Gasteiger partial charge >= 0.3 is 0 Å². The van der Waals surface area contributed by atoms with Crippen molar-refractivity contribution in [2.75, 3.05) is 31.3 Å². The minimum absolute atomic E-state index is 0.0431. The number of pyridine rings is 1. The first kappa shape index (κ1) is 16.4. The molecule has 1 spiro atoms. The fourth-order valence-electron chi connectivity index (χ4n) is 2.87. The zero-order valence-electron chi connectivity index (χ0n) is 14.1. The van der Waals surface area contributed by atoms with Crippen molar-refractivity contribution in [2.45, 2.75) is 38.2 Å². The number of morpholine rings is 1. The van der Waals surface area contributed by atoms with E-state index in [0.29, 0.717) is 32.1 Å². The van der Waals surface area contributed by atoms with Crippen LogP contribution in [0.15, 0.2) is 12.3 Å². The van der Waals surface area contributed by atoms with E-state index < -0.39 is 14.0 Å². The van der Waals surface area contributed by atoms with Gasteiger partial charge in [-0.15, -0.1) is 5.54 Å². The fraction of sp³-hybridized carbons (Fsp3) is 0.588. The van der Waals surface area contributed by atoms with E-state index >= 15 is 0 Å². The van der Waals surface area contributed by atoms with Crippen molar-refractivity contribution < 1.29 is 13.9 Å². The van der Waals surface area contributed by atoms with Gasteiger partial charge in [0, 0.05) is 18.3 Å². The van der Waals surface area contributed by atoms with Crippen molar-refractivity contribution in [3.8, 4) is 11.5 Å². The highest BCUT2D eigenvalue weighted by molar-refractivity contribution is 6.83. The number of aromatic nitrogens is 1. The molecule has 0 aliphatic carbocycles. The van der Waals surface area contributed by atoms with Gasteiger partial charge in [0.25, 0.3) is 0 Å². The predicted molar refractivity (Wildman–Crippen MR) is 90.7 cm³/mol. The highest BCUT2D eigenvalue weighted by Crippen LogP contribution is 2.35. The first-order valence-corrected chi connectivity index (χ1v) is 11.5. The molecule has 0 aromatic carbocycles. The molecule has 0 unspecified atom stereocenters. The third kappa shape index (κ3) is 3.27. The maximum atomic E-state index is 14.3. The van der Waals surface area contributed by atoms with E-state index in [-0.39, 0.29) is 11.6 Å². The van der Waals surface area contributed by atoms with Crippen LogP contribution in [0.5, 0.6) is 0 Å². The third-order valence-corrected chi connectivity index (χ3v) is 5.23. The van der Waals surface area contributed by atoms with Crippen molar-refractivity contribution in [2.24, 2.45) is 0 Å². The van der Waals surface area contributed by atoms with Gasteiger partial charge in [-0.05, 0) is 13.0 Å². The Labute approximate surface area is 138 Å². The molecule has 6 heteroatoms. The van der Waals surface area contributed by atoms with E-state index in [4.69, 9.17) is 9.47 Å². The van der Waals surface area contributed by atoms with Crippen LogP contribution in [0.1, 0.15) is 12.5 Å². The molecule has 2 aliphatic heterocycles. The molecule has 1 aromatic rings. The second-order valence-electron chi connectivity index (χ2n) is 7.31. The topological polar surface area (TPSA) is 34.6 Å². The lowest BCUT2D eigenvalue weighted by molar-refractivity contribution is -0.228. The number of nitrogens with zero attached hydrogens (tertiary/aromatic N) is 2. The van der Waals surface area contributed by atoms with E-state index in [1.54, 1.807) is 0 Å². The van der Waals surface area contributed by atoms with Crippen molar-refractivity contribution in [3.05, 3.63) is 23.8 Å². The van der Waals surface area contributed by atoms with E-state index in [2.05, 4.69) is 43.0 Å². The molecule has 0 radical (unpaired) electrons. The van der Waals surface area contributed by atoms with E-state index in [0.717, 1.165) is 5.56 Å². The molecule has 124 valence electrons. The molecule has 0 saturated carbocycles. The van der Waals surface area contributed by atoms with Gasteiger partial charge in [-0.2, -0.15) is 4.39 Å². The molecule has 3 heterocycles. The van der Waals surface area contributed by atoms with Crippen LogP contribution in [-0.2, 0) is 9.47 Å². The Morgan fingerprint density at radius 2 is 2.13 bits per heavy atom. The van der Waals surface area contributed by atoms with Crippen LogP contribution in [0.25, 0.3) is 0 Å². The monoisotopic (exact) mass is 334 g/mol. The molecule has 23 heavy (non-hydrogen) atoms. The van der Waals surface area contributed by atoms with Gasteiger partial charge in [0.2, 0.25) is 5.95 Å². The minimum atomic E-state index is -1.48. The average molecular weight is 334 g/mol. The summed E-state index contributed by atoms with van der Waals surface area (Å²) in [6.07, 6.45) is 1.51. The zero-order valence-corrected chi connectivity index (χ0v) is 15.1. The third-order valence-electron chi connectivity index (χ3n) is 4.36. The average Bonchev–Trinajstić information content (AvgIpc) is 2.44. The van der Waals surface area contributed by atoms with Gasteiger partial charge < -0.3 is 14.4 Å². The summed E-state index contributed by atoms with van der Waals surface area (Å²) in [6, 6.07) is 1.85. The maximum absolute atomic E-state index is 14.3. The molecular formula is C17H23FN2O2Si. The van der Waals surface area contributed by atoms with Crippen LogP contribution in [0, 0.1) is 17.4 Å². The number of rotatable bonds is 1. The summed E-state index contributed by atoms with van der Waals surface area (Å²) in [4.78, 5) is 5.95. The predicted octanol–water partition coefficient (Wildman–Crippen LogP) is 2.44. The number of hydrogen-bond acceptors (Lipinski definition) is 4. The number of anilines is 1. The van der Waals surface area contributed by atoms with Gasteiger partial charge in [0.05, 0.1) is 31.5 Å². The van der Waals surface area contributed by atoms with Gasteiger partial charge in [-0.25, -0.2) is 4.98 Å². The summed E-state index contributed by atoms with van der Waals surface area (Å²) in [5.41, 5.74) is 4.26.